The molecule has 1 amide bonds. The van der Waals surface area contributed by atoms with Gasteiger partial charge in [0.05, 0.1) is 0 Å². The molecule has 0 aromatic heterocycles. The van der Waals surface area contributed by atoms with Crippen LogP contribution in [0.15, 0.2) is 22.7 Å². The summed E-state index contributed by atoms with van der Waals surface area (Å²) in [7, 11) is 0. The van der Waals surface area contributed by atoms with Crippen LogP contribution in [-0.4, -0.2) is 37.0 Å². The number of primary amides is 1. The zero-order chi connectivity index (χ0) is 13.1. The van der Waals surface area contributed by atoms with Gasteiger partial charge in [0.1, 0.15) is 11.9 Å². The fourth-order valence-corrected chi connectivity index (χ4v) is 2.76. The second-order valence-corrected chi connectivity index (χ2v) is 5.11. The molecule has 0 bridgehead atoms. The number of nitrogens with two attached hydrogens (primary N) is 1. The minimum atomic E-state index is -0.512. The third-order valence-electron chi connectivity index (χ3n) is 3.04. The molecule has 18 heavy (non-hydrogen) atoms. The van der Waals surface area contributed by atoms with Crippen molar-refractivity contribution in [3.8, 4) is 0 Å². The minimum absolute atomic E-state index is 0.339. The average molecular weight is 316 g/mol. The Morgan fingerprint density at radius 2 is 2.11 bits per heavy atom. The molecule has 6 heteroatoms. The van der Waals surface area contributed by atoms with Crippen molar-refractivity contribution >= 4 is 21.8 Å². The second-order valence-electron chi connectivity index (χ2n) is 4.26. The van der Waals surface area contributed by atoms with Crippen LogP contribution in [0.1, 0.15) is 11.6 Å². The Labute approximate surface area is 113 Å². The number of rotatable bonds is 3. The van der Waals surface area contributed by atoms with Gasteiger partial charge in [-0.25, -0.2) is 4.39 Å². The summed E-state index contributed by atoms with van der Waals surface area (Å²) in [6.45, 7) is 3.14. The zero-order valence-electron chi connectivity index (χ0n) is 9.83. The van der Waals surface area contributed by atoms with Crippen molar-refractivity contribution in [1.82, 2.24) is 10.2 Å². The maximum atomic E-state index is 13.1. The van der Waals surface area contributed by atoms with Crippen molar-refractivity contribution in [1.29, 1.82) is 0 Å². The van der Waals surface area contributed by atoms with Gasteiger partial charge in [-0.2, -0.15) is 0 Å². The number of piperazine rings is 1. The first-order valence-corrected chi connectivity index (χ1v) is 6.58. The Hall–Kier alpha value is -0.980. The molecule has 2 rings (SSSR count). The quantitative estimate of drug-likeness (QED) is 0.875. The van der Waals surface area contributed by atoms with E-state index >= 15 is 0 Å². The van der Waals surface area contributed by atoms with E-state index < -0.39 is 11.9 Å². The molecule has 98 valence electrons. The summed E-state index contributed by atoms with van der Waals surface area (Å²) in [4.78, 5) is 13.7. The van der Waals surface area contributed by atoms with E-state index in [9.17, 15) is 9.18 Å². The summed E-state index contributed by atoms with van der Waals surface area (Å²) in [6.07, 6.45) is 0. The standard InChI is InChI=1S/C12H15BrFN3O/c13-10-7-8(14)1-2-9(10)11(12(15)18)17-5-3-16-4-6-17/h1-2,7,11,16H,3-6H2,(H2,15,18). The van der Waals surface area contributed by atoms with Gasteiger partial charge in [-0.05, 0) is 17.7 Å². The maximum Gasteiger partial charge on any atom is 0.239 e. The largest absolute Gasteiger partial charge is 0.368 e. The predicted octanol–water partition coefficient (Wildman–Crippen LogP) is 1.02. The highest BCUT2D eigenvalue weighted by Crippen LogP contribution is 2.28. The number of carbonyl (C=O) groups is 1. The first kappa shape index (κ1) is 13.5. The van der Waals surface area contributed by atoms with E-state index in [2.05, 4.69) is 21.2 Å². The summed E-state index contributed by atoms with van der Waals surface area (Å²) < 4.78 is 13.7. The van der Waals surface area contributed by atoms with E-state index in [0.717, 1.165) is 26.2 Å². The van der Waals surface area contributed by atoms with Crippen molar-refractivity contribution in [3.05, 3.63) is 34.1 Å². The monoisotopic (exact) mass is 315 g/mol. The smallest absolute Gasteiger partial charge is 0.239 e. The molecule has 4 nitrogen and oxygen atoms in total. The number of benzene rings is 1. The van der Waals surface area contributed by atoms with Crippen molar-refractivity contribution in [2.75, 3.05) is 26.2 Å². The molecule has 1 aliphatic rings. The van der Waals surface area contributed by atoms with E-state index in [1.165, 1.54) is 12.1 Å². The Morgan fingerprint density at radius 3 is 2.67 bits per heavy atom. The zero-order valence-corrected chi connectivity index (χ0v) is 11.4. The van der Waals surface area contributed by atoms with E-state index in [0.29, 0.717) is 10.0 Å². The summed E-state index contributed by atoms with van der Waals surface area (Å²) in [5, 5.41) is 3.22. The van der Waals surface area contributed by atoms with Crippen LogP contribution in [0.3, 0.4) is 0 Å². The minimum Gasteiger partial charge on any atom is -0.368 e. The molecule has 1 aromatic rings. The van der Waals surface area contributed by atoms with Gasteiger partial charge in [0, 0.05) is 30.7 Å². The van der Waals surface area contributed by atoms with Crippen LogP contribution in [0.25, 0.3) is 0 Å². The Balaban J connectivity index is 2.31. The number of amides is 1. The third kappa shape index (κ3) is 2.88. The number of halogens is 2. The van der Waals surface area contributed by atoms with Gasteiger partial charge in [-0.3, -0.25) is 9.69 Å². The molecule has 1 saturated heterocycles. The molecular formula is C12H15BrFN3O. The highest BCUT2D eigenvalue weighted by atomic mass is 79.9. The maximum absolute atomic E-state index is 13.1. The van der Waals surface area contributed by atoms with Crippen LogP contribution in [0.2, 0.25) is 0 Å². The van der Waals surface area contributed by atoms with Crippen LogP contribution in [0.5, 0.6) is 0 Å². The number of hydrogen-bond donors (Lipinski definition) is 2. The highest BCUT2D eigenvalue weighted by molar-refractivity contribution is 9.10. The van der Waals surface area contributed by atoms with Gasteiger partial charge < -0.3 is 11.1 Å². The summed E-state index contributed by atoms with van der Waals surface area (Å²) in [5.74, 6) is -0.752. The Bertz CT molecular complexity index is 449. The highest BCUT2D eigenvalue weighted by Gasteiger charge is 2.28. The molecule has 3 N–H and O–H groups in total. The van der Waals surface area contributed by atoms with Gasteiger partial charge >= 0.3 is 0 Å². The normalized spacial score (nSPS) is 18.6. The van der Waals surface area contributed by atoms with Crippen molar-refractivity contribution in [2.45, 2.75) is 6.04 Å². The van der Waals surface area contributed by atoms with Crippen LogP contribution < -0.4 is 11.1 Å². The molecule has 1 unspecified atom stereocenters. The SMILES string of the molecule is NC(=O)C(c1ccc(F)cc1Br)N1CCNCC1. The lowest BCUT2D eigenvalue weighted by Gasteiger charge is -2.33. The number of nitrogens with zero attached hydrogens (tertiary/aromatic N) is 1. The summed E-state index contributed by atoms with van der Waals surface area (Å²) in [5.41, 5.74) is 6.20. The lowest BCUT2D eigenvalue weighted by Crippen LogP contribution is -2.48. The van der Waals surface area contributed by atoms with Crippen LogP contribution in [0, 0.1) is 5.82 Å². The first-order chi connectivity index (χ1) is 8.59. The number of hydrogen-bond acceptors (Lipinski definition) is 3. The van der Waals surface area contributed by atoms with Gasteiger partial charge in [-0.15, -0.1) is 0 Å². The van der Waals surface area contributed by atoms with Gasteiger partial charge in [0.25, 0.3) is 0 Å². The predicted molar refractivity (Wildman–Crippen MR) is 70.5 cm³/mol. The molecular weight excluding hydrogens is 301 g/mol. The fraction of sp³-hybridized carbons (Fsp3) is 0.417. The Kier molecular flexibility index (Phi) is 4.31. The van der Waals surface area contributed by atoms with Crippen LogP contribution in [-0.2, 0) is 4.79 Å². The molecule has 1 atom stereocenters. The fourth-order valence-electron chi connectivity index (χ4n) is 2.19. The van der Waals surface area contributed by atoms with Gasteiger partial charge in [0.15, 0.2) is 0 Å². The molecule has 1 aliphatic heterocycles. The van der Waals surface area contributed by atoms with E-state index in [4.69, 9.17) is 5.73 Å². The van der Waals surface area contributed by atoms with Crippen molar-refractivity contribution < 1.29 is 9.18 Å². The first-order valence-electron chi connectivity index (χ1n) is 5.78. The van der Waals surface area contributed by atoms with Gasteiger partial charge in [0.2, 0.25) is 5.91 Å². The number of carbonyl (C=O) groups excluding carboxylic acids is 1. The van der Waals surface area contributed by atoms with Crippen molar-refractivity contribution in [3.63, 3.8) is 0 Å². The molecule has 0 saturated carbocycles. The Morgan fingerprint density at radius 1 is 1.44 bits per heavy atom. The number of nitrogens with one attached hydrogen (secondary N) is 1. The molecule has 0 aliphatic carbocycles. The molecule has 0 spiro atoms. The lowest BCUT2D eigenvalue weighted by molar-refractivity contribution is -0.123. The second kappa shape index (κ2) is 5.77. The van der Waals surface area contributed by atoms with E-state index in [1.54, 1.807) is 6.07 Å². The average Bonchev–Trinajstić information content (AvgIpc) is 2.33. The van der Waals surface area contributed by atoms with Crippen LogP contribution in [0.4, 0.5) is 4.39 Å². The molecule has 1 heterocycles. The van der Waals surface area contributed by atoms with Crippen LogP contribution >= 0.6 is 15.9 Å². The topological polar surface area (TPSA) is 58.4 Å². The molecule has 1 aromatic carbocycles. The third-order valence-corrected chi connectivity index (χ3v) is 3.73. The van der Waals surface area contributed by atoms with E-state index in [-0.39, 0.29) is 5.82 Å². The van der Waals surface area contributed by atoms with E-state index in [1.807, 2.05) is 4.90 Å². The summed E-state index contributed by atoms with van der Waals surface area (Å²) >= 11 is 3.29. The van der Waals surface area contributed by atoms with Crippen molar-refractivity contribution in [2.24, 2.45) is 5.73 Å². The molecule has 0 radical (unpaired) electrons. The van der Waals surface area contributed by atoms with Gasteiger partial charge in [-0.1, -0.05) is 22.0 Å². The lowest BCUT2D eigenvalue weighted by atomic mass is 10.0. The molecule has 1 fully saturated rings. The summed E-state index contributed by atoms with van der Waals surface area (Å²) in [6, 6.07) is 3.80.